The van der Waals surface area contributed by atoms with Gasteiger partial charge in [0, 0.05) is 57.0 Å². The lowest BCUT2D eigenvalue weighted by atomic mass is 9.98. The zero-order valence-electron chi connectivity index (χ0n) is 16.9. The molecule has 3 rings (SSSR count). The van der Waals surface area contributed by atoms with E-state index >= 15 is 0 Å². The molecule has 1 aliphatic heterocycles. The van der Waals surface area contributed by atoms with Gasteiger partial charge in [-0.1, -0.05) is 6.07 Å². The van der Waals surface area contributed by atoms with Crippen molar-refractivity contribution in [1.29, 1.82) is 0 Å². The van der Waals surface area contributed by atoms with Crippen LogP contribution in [0.2, 0.25) is 0 Å². The molecule has 5 nitrogen and oxygen atoms in total. The Hall–Kier alpha value is -1.79. The van der Waals surface area contributed by atoms with Crippen molar-refractivity contribution in [3.63, 3.8) is 0 Å². The Morgan fingerprint density at radius 1 is 1.37 bits per heavy atom. The summed E-state index contributed by atoms with van der Waals surface area (Å²) >= 11 is 1.86. The molecule has 1 aliphatic rings. The van der Waals surface area contributed by atoms with Gasteiger partial charge >= 0.3 is 0 Å². The van der Waals surface area contributed by atoms with E-state index in [2.05, 4.69) is 76.5 Å². The van der Waals surface area contributed by atoms with Gasteiger partial charge in [-0.05, 0) is 55.8 Å². The molecule has 1 atom stereocenters. The number of nitrogens with one attached hydrogen (secondary N) is 1. The van der Waals surface area contributed by atoms with E-state index in [1.54, 1.807) is 0 Å². The summed E-state index contributed by atoms with van der Waals surface area (Å²) in [7, 11) is 4.22. The summed E-state index contributed by atoms with van der Waals surface area (Å²) < 4.78 is 2.17. The molecule has 1 unspecified atom stereocenters. The van der Waals surface area contributed by atoms with Crippen LogP contribution in [0.1, 0.15) is 30.3 Å². The molecule has 0 spiro atoms. The Morgan fingerprint density at radius 2 is 2.26 bits per heavy atom. The maximum atomic E-state index is 4.98. The smallest absolute Gasteiger partial charge is 0.194 e. The average Bonchev–Trinajstić information content (AvgIpc) is 3.31. The number of rotatable bonds is 7. The molecule has 0 saturated carbocycles. The summed E-state index contributed by atoms with van der Waals surface area (Å²) in [4.78, 5) is 11.3. The van der Waals surface area contributed by atoms with Crippen LogP contribution in [0.3, 0.4) is 0 Å². The Bertz CT molecular complexity index is 706. The molecule has 6 heteroatoms. The predicted molar refractivity (Wildman–Crippen MR) is 115 cm³/mol. The molecule has 2 aromatic rings. The Balaban J connectivity index is 1.56. The lowest BCUT2D eigenvalue weighted by molar-refractivity contribution is 0.172. The second kappa shape index (κ2) is 9.95. The van der Waals surface area contributed by atoms with Gasteiger partial charge in [-0.2, -0.15) is 0 Å². The number of nitrogens with zero attached hydrogens (tertiary/aromatic N) is 4. The highest BCUT2D eigenvalue weighted by atomic mass is 32.1. The predicted octanol–water partition coefficient (Wildman–Crippen LogP) is 3.40. The first-order valence-electron chi connectivity index (χ1n) is 10.00. The highest BCUT2D eigenvalue weighted by molar-refractivity contribution is 7.09. The van der Waals surface area contributed by atoms with E-state index in [0.717, 1.165) is 38.7 Å². The first-order chi connectivity index (χ1) is 13.2. The van der Waals surface area contributed by atoms with Crippen molar-refractivity contribution in [2.24, 2.45) is 18.0 Å². The Labute approximate surface area is 167 Å². The van der Waals surface area contributed by atoms with Gasteiger partial charge in [-0.15, -0.1) is 11.3 Å². The van der Waals surface area contributed by atoms with Gasteiger partial charge in [-0.3, -0.25) is 9.89 Å². The first kappa shape index (κ1) is 20.0. The largest absolute Gasteiger partial charge is 0.357 e. The van der Waals surface area contributed by atoms with E-state index < -0.39 is 0 Å². The fraction of sp³-hybridized carbons (Fsp3) is 0.571. The number of hydrogen-bond acceptors (Lipinski definition) is 3. The minimum atomic E-state index is 0.649. The summed E-state index contributed by atoms with van der Waals surface area (Å²) in [6.07, 6.45) is 4.66. The van der Waals surface area contributed by atoms with Crippen molar-refractivity contribution in [2.75, 3.05) is 33.2 Å². The van der Waals surface area contributed by atoms with Crippen LogP contribution >= 0.6 is 11.3 Å². The molecule has 1 fully saturated rings. The lowest BCUT2D eigenvalue weighted by Gasteiger charge is -2.32. The number of aliphatic imine (C=N–C) groups is 1. The Kier molecular flexibility index (Phi) is 7.35. The monoisotopic (exact) mass is 387 g/mol. The standard InChI is InChI=1S/C21H33N5S/c1-4-22-21(25(3)16-19-9-6-11-24(19)2)23-14-18-8-5-12-26(15-18)17-20-10-7-13-27-20/h6-7,9-11,13,18H,4-5,8,12,14-17H2,1-3H3,(H,22,23). The van der Waals surface area contributed by atoms with Crippen molar-refractivity contribution >= 4 is 17.3 Å². The van der Waals surface area contributed by atoms with Gasteiger partial charge in [0.1, 0.15) is 0 Å². The van der Waals surface area contributed by atoms with Crippen molar-refractivity contribution < 1.29 is 0 Å². The number of likely N-dealkylation sites (tertiary alicyclic amines) is 1. The molecular formula is C21H33N5S. The lowest BCUT2D eigenvalue weighted by Crippen LogP contribution is -2.40. The van der Waals surface area contributed by atoms with Gasteiger partial charge < -0.3 is 14.8 Å². The normalized spacial score (nSPS) is 18.6. The van der Waals surface area contributed by atoms with E-state index in [1.165, 1.54) is 30.0 Å². The summed E-state index contributed by atoms with van der Waals surface area (Å²) in [5.74, 6) is 1.66. The third kappa shape index (κ3) is 5.84. The second-order valence-electron chi connectivity index (χ2n) is 7.48. The van der Waals surface area contributed by atoms with Crippen LogP contribution in [0.15, 0.2) is 40.8 Å². The van der Waals surface area contributed by atoms with Crippen molar-refractivity contribution in [3.05, 3.63) is 46.4 Å². The average molecular weight is 388 g/mol. The quantitative estimate of drug-likeness (QED) is 0.584. The van der Waals surface area contributed by atoms with Crippen LogP contribution in [-0.2, 0) is 20.1 Å². The summed E-state index contributed by atoms with van der Waals surface area (Å²) in [6, 6.07) is 8.66. The van der Waals surface area contributed by atoms with E-state index in [4.69, 9.17) is 4.99 Å². The molecule has 1 N–H and O–H groups in total. The molecule has 0 radical (unpaired) electrons. The SMILES string of the molecule is CCNC(=NCC1CCCN(Cc2cccs2)C1)N(C)Cc1cccn1C. The summed E-state index contributed by atoms with van der Waals surface area (Å²) in [6.45, 7) is 8.26. The molecular weight excluding hydrogens is 354 g/mol. The molecule has 3 heterocycles. The van der Waals surface area contributed by atoms with Crippen LogP contribution in [0.5, 0.6) is 0 Å². The van der Waals surface area contributed by atoms with E-state index in [-0.39, 0.29) is 0 Å². The van der Waals surface area contributed by atoms with E-state index in [1.807, 2.05) is 11.3 Å². The van der Waals surface area contributed by atoms with Crippen LogP contribution < -0.4 is 5.32 Å². The van der Waals surface area contributed by atoms with Crippen molar-refractivity contribution in [1.82, 2.24) is 19.7 Å². The highest BCUT2D eigenvalue weighted by Crippen LogP contribution is 2.20. The minimum absolute atomic E-state index is 0.649. The van der Waals surface area contributed by atoms with Gasteiger partial charge in [0.15, 0.2) is 5.96 Å². The van der Waals surface area contributed by atoms with Crippen molar-refractivity contribution in [3.8, 4) is 0 Å². The van der Waals surface area contributed by atoms with Gasteiger partial charge in [0.05, 0.1) is 6.54 Å². The molecule has 0 aliphatic carbocycles. The molecule has 1 saturated heterocycles. The maximum absolute atomic E-state index is 4.98. The Morgan fingerprint density at radius 3 is 2.96 bits per heavy atom. The van der Waals surface area contributed by atoms with E-state index in [9.17, 15) is 0 Å². The summed E-state index contributed by atoms with van der Waals surface area (Å²) in [5, 5.41) is 5.63. The zero-order valence-corrected chi connectivity index (χ0v) is 17.7. The number of piperidine rings is 1. The molecule has 148 valence electrons. The number of thiophene rings is 1. The van der Waals surface area contributed by atoms with Crippen LogP contribution in [-0.4, -0.2) is 53.6 Å². The van der Waals surface area contributed by atoms with Gasteiger partial charge in [-0.25, -0.2) is 0 Å². The number of guanidine groups is 1. The molecule has 27 heavy (non-hydrogen) atoms. The number of hydrogen-bond donors (Lipinski definition) is 1. The minimum Gasteiger partial charge on any atom is -0.357 e. The third-order valence-electron chi connectivity index (χ3n) is 5.21. The third-order valence-corrected chi connectivity index (χ3v) is 6.07. The van der Waals surface area contributed by atoms with Gasteiger partial charge in [0.25, 0.3) is 0 Å². The van der Waals surface area contributed by atoms with Crippen molar-refractivity contribution in [2.45, 2.75) is 32.9 Å². The molecule has 2 aromatic heterocycles. The molecule has 0 aromatic carbocycles. The van der Waals surface area contributed by atoms with Crippen LogP contribution in [0.4, 0.5) is 0 Å². The number of aromatic nitrogens is 1. The first-order valence-corrected chi connectivity index (χ1v) is 10.9. The molecule has 0 bridgehead atoms. The van der Waals surface area contributed by atoms with Crippen LogP contribution in [0, 0.1) is 5.92 Å². The summed E-state index contributed by atoms with van der Waals surface area (Å²) in [5.41, 5.74) is 1.29. The highest BCUT2D eigenvalue weighted by Gasteiger charge is 2.20. The van der Waals surface area contributed by atoms with Crippen LogP contribution in [0.25, 0.3) is 0 Å². The molecule has 0 amide bonds. The fourth-order valence-electron chi connectivity index (χ4n) is 3.73. The zero-order chi connectivity index (χ0) is 19.1. The van der Waals surface area contributed by atoms with Gasteiger partial charge in [0.2, 0.25) is 0 Å². The second-order valence-corrected chi connectivity index (χ2v) is 8.52. The fourth-order valence-corrected chi connectivity index (χ4v) is 4.48. The number of aryl methyl sites for hydroxylation is 1. The maximum Gasteiger partial charge on any atom is 0.194 e. The van der Waals surface area contributed by atoms with E-state index in [0.29, 0.717) is 5.92 Å². The topological polar surface area (TPSA) is 35.8 Å².